The van der Waals surface area contributed by atoms with Gasteiger partial charge in [0.1, 0.15) is 5.82 Å². The number of nitrogens with one attached hydrogen (secondary N) is 2. The largest absolute Gasteiger partial charge is 0.379 e. The zero-order chi connectivity index (χ0) is 16.4. The molecule has 0 bridgehead atoms. The first-order chi connectivity index (χ1) is 11.8. The smallest absolute Gasteiger partial charge is 0.123 e. The standard InChI is InChI=1S/C21H17FN2/c22-18-9-6-16(7-10-18)17-8-11-20-19(12-17)21(14-24-20)23-13-15-4-2-1-3-5-15/h1-12,14,23-24H,13H2. The van der Waals surface area contributed by atoms with Gasteiger partial charge in [-0.25, -0.2) is 4.39 Å². The van der Waals surface area contributed by atoms with Crippen LogP contribution >= 0.6 is 0 Å². The number of rotatable bonds is 4. The molecule has 4 aromatic rings. The Morgan fingerprint density at radius 2 is 1.58 bits per heavy atom. The van der Waals surface area contributed by atoms with Crippen LogP contribution in [-0.4, -0.2) is 4.98 Å². The van der Waals surface area contributed by atoms with Gasteiger partial charge in [0, 0.05) is 23.6 Å². The number of anilines is 1. The molecule has 1 aromatic heterocycles. The summed E-state index contributed by atoms with van der Waals surface area (Å²) in [6, 6.07) is 23.1. The Balaban J connectivity index is 1.64. The van der Waals surface area contributed by atoms with E-state index in [4.69, 9.17) is 0 Å². The molecule has 4 rings (SSSR count). The summed E-state index contributed by atoms with van der Waals surface area (Å²) in [7, 11) is 0. The fourth-order valence-electron chi connectivity index (χ4n) is 2.88. The average molecular weight is 316 g/mol. The maximum absolute atomic E-state index is 13.1. The van der Waals surface area contributed by atoms with Crippen LogP contribution in [0.2, 0.25) is 0 Å². The van der Waals surface area contributed by atoms with Crippen molar-refractivity contribution in [2.24, 2.45) is 0 Å². The van der Waals surface area contributed by atoms with Crippen molar-refractivity contribution in [3.8, 4) is 11.1 Å². The fourth-order valence-corrected chi connectivity index (χ4v) is 2.88. The van der Waals surface area contributed by atoms with Gasteiger partial charge in [-0.15, -0.1) is 0 Å². The quantitative estimate of drug-likeness (QED) is 0.505. The maximum Gasteiger partial charge on any atom is 0.123 e. The van der Waals surface area contributed by atoms with Gasteiger partial charge in [0.25, 0.3) is 0 Å². The Labute approximate surface area is 140 Å². The van der Waals surface area contributed by atoms with Gasteiger partial charge < -0.3 is 10.3 Å². The van der Waals surface area contributed by atoms with E-state index in [1.54, 1.807) is 12.1 Å². The molecule has 118 valence electrons. The molecule has 0 radical (unpaired) electrons. The van der Waals surface area contributed by atoms with Crippen LogP contribution in [0.3, 0.4) is 0 Å². The van der Waals surface area contributed by atoms with E-state index < -0.39 is 0 Å². The number of fused-ring (bicyclic) bond motifs is 1. The molecule has 0 amide bonds. The monoisotopic (exact) mass is 316 g/mol. The highest BCUT2D eigenvalue weighted by Crippen LogP contribution is 2.29. The molecule has 2 nitrogen and oxygen atoms in total. The number of H-pyrrole nitrogens is 1. The second-order valence-electron chi connectivity index (χ2n) is 5.81. The van der Waals surface area contributed by atoms with Gasteiger partial charge in [0.05, 0.1) is 5.69 Å². The van der Waals surface area contributed by atoms with Gasteiger partial charge in [-0.1, -0.05) is 48.5 Å². The van der Waals surface area contributed by atoms with Crippen molar-refractivity contribution in [2.45, 2.75) is 6.54 Å². The molecule has 0 saturated heterocycles. The van der Waals surface area contributed by atoms with Crippen molar-refractivity contribution in [3.63, 3.8) is 0 Å². The SMILES string of the molecule is Fc1ccc(-c2ccc3[nH]cc(NCc4ccccc4)c3c2)cc1. The van der Waals surface area contributed by atoms with E-state index >= 15 is 0 Å². The molecule has 0 fully saturated rings. The van der Waals surface area contributed by atoms with Crippen LogP contribution in [0.1, 0.15) is 5.56 Å². The summed E-state index contributed by atoms with van der Waals surface area (Å²) in [5.41, 5.74) is 5.47. The molecule has 0 saturated carbocycles. The Morgan fingerprint density at radius 3 is 2.38 bits per heavy atom. The van der Waals surface area contributed by atoms with E-state index in [2.05, 4.69) is 34.6 Å². The van der Waals surface area contributed by atoms with E-state index in [1.807, 2.05) is 30.5 Å². The number of hydrogen-bond donors (Lipinski definition) is 2. The van der Waals surface area contributed by atoms with Crippen molar-refractivity contribution in [1.29, 1.82) is 0 Å². The number of halogens is 1. The fraction of sp³-hybridized carbons (Fsp3) is 0.0476. The van der Waals surface area contributed by atoms with Crippen molar-refractivity contribution in [3.05, 3.63) is 90.4 Å². The van der Waals surface area contributed by atoms with Crippen molar-refractivity contribution < 1.29 is 4.39 Å². The van der Waals surface area contributed by atoms with Crippen LogP contribution in [0.25, 0.3) is 22.0 Å². The predicted octanol–water partition coefficient (Wildman–Crippen LogP) is 5.59. The Hall–Kier alpha value is -3.07. The summed E-state index contributed by atoms with van der Waals surface area (Å²) in [6.45, 7) is 0.772. The third-order valence-corrected chi connectivity index (χ3v) is 4.19. The number of aromatic nitrogens is 1. The summed E-state index contributed by atoms with van der Waals surface area (Å²) >= 11 is 0. The first-order valence-corrected chi connectivity index (χ1v) is 7.94. The third-order valence-electron chi connectivity index (χ3n) is 4.19. The molecule has 24 heavy (non-hydrogen) atoms. The molecule has 0 spiro atoms. The summed E-state index contributed by atoms with van der Waals surface area (Å²) in [5.74, 6) is -0.216. The van der Waals surface area contributed by atoms with Crippen molar-refractivity contribution in [2.75, 3.05) is 5.32 Å². The van der Waals surface area contributed by atoms with Crippen LogP contribution < -0.4 is 5.32 Å². The molecule has 1 heterocycles. The Bertz CT molecular complexity index is 956. The third kappa shape index (κ3) is 2.88. The highest BCUT2D eigenvalue weighted by Gasteiger charge is 2.06. The van der Waals surface area contributed by atoms with Crippen LogP contribution in [0.4, 0.5) is 10.1 Å². The molecule has 3 heteroatoms. The maximum atomic E-state index is 13.1. The van der Waals surface area contributed by atoms with Gasteiger partial charge in [0.2, 0.25) is 0 Å². The van der Waals surface area contributed by atoms with Gasteiger partial charge >= 0.3 is 0 Å². The highest BCUT2D eigenvalue weighted by atomic mass is 19.1. The first kappa shape index (κ1) is 14.5. The molecule has 0 aliphatic carbocycles. The molecular weight excluding hydrogens is 299 g/mol. The lowest BCUT2D eigenvalue weighted by Gasteiger charge is -2.07. The lowest BCUT2D eigenvalue weighted by molar-refractivity contribution is 0.628. The van der Waals surface area contributed by atoms with Crippen molar-refractivity contribution >= 4 is 16.6 Å². The Morgan fingerprint density at radius 1 is 0.833 bits per heavy atom. The van der Waals surface area contributed by atoms with Gasteiger partial charge in [-0.3, -0.25) is 0 Å². The molecule has 3 aromatic carbocycles. The minimum absolute atomic E-state index is 0.216. The first-order valence-electron chi connectivity index (χ1n) is 7.94. The lowest BCUT2D eigenvalue weighted by Crippen LogP contribution is -1.98. The summed E-state index contributed by atoms with van der Waals surface area (Å²) < 4.78 is 13.1. The average Bonchev–Trinajstić information content (AvgIpc) is 3.04. The number of hydrogen-bond acceptors (Lipinski definition) is 1. The van der Waals surface area contributed by atoms with Crippen molar-refractivity contribution in [1.82, 2.24) is 4.98 Å². The number of benzene rings is 3. The zero-order valence-electron chi connectivity index (χ0n) is 13.1. The Kier molecular flexibility index (Phi) is 3.75. The van der Waals surface area contributed by atoms with E-state index in [1.165, 1.54) is 17.7 Å². The molecule has 0 atom stereocenters. The summed E-state index contributed by atoms with van der Waals surface area (Å²) in [6.07, 6.45) is 1.99. The second-order valence-corrected chi connectivity index (χ2v) is 5.81. The lowest BCUT2D eigenvalue weighted by atomic mass is 10.0. The molecule has 2 N–H and O–H groups in total. The highest BCUT2D eigenvalue weighted by molar-refractivity contribution is 5.95. The summed E-state index contributed by atoms with van der Waals surface area (Å²) in [5, 5.41) is 4.61. The van der Waals surface area contributed by atoms with E-state index in [9.17, 15) is 4.39 Å². The molecule has 0 aliphatic heterocycles. The molecule has 0 unspecified atom stereocenters. The number of aromatic amines is 1. The van der Waals surface area contributed by atoms with Crippen LogP contribution in [-0.2, 0) is 6.54 Å². The second kappa shape index (κ2) is 6.20. The minimum atomic E-state index is -0.216. The summed E-state index contributed by atoms with van der Waals surface area (Å²) in [4.78, 5) is 3.29. The van der Waals surface area contributed by atoms with Gasteiger partial charge in [-0.2, -0.15) is 0 Å². The van der Waals surface area contributed by atoms with E-state index in [-0.39, 0.29) is 5.82 Å². The predicted molar refractivity (Wildman–Crippen MR) is 97.5 cm³/mol. The van der Waals surface area contributed by atoms with E-state index in [0.717, 1.165) is 34.3 Å². The zero-order valence-corrected chi connectivity index (χ0v) is 13.1. The van der Waals surface area contributed by atoms with Crippen LogP contribution in [0, 0.1) is 5.82 Å². The van der Waals surface area contributed by atoms with Crippen LogP contribution in [0.5, 0.6) is 0 Å². The molecule has 0 aliphatic rings. The minimum Gasteiger partial charge on any atom is -0.379 e. The topological polar surface area (TPSA) is 27.8 Å². The normalized spacial score (nSPS) is 10.9. The van der Waals surface area contributed by atoms with Crippen LogP contribution in [0.15, 0.2) is 79.0 Å². The van der Waals surface area contributed by atoms with Gasteiger partial charge in [-0.05, 0) is 41.0 Å². The van der Waals surface area contributed by atoms with Gasteiger partial charge in [0.15, 0.2) is 0 Å². The van der Waals surface area contributed by atoms with E-state index in [0.29, 0.717) is 0 Å². The molecular formula is C21H17FN2.